The van der Waals surface area contributed by atoms with Gasteiger partial charge in [-0.25, -0.2) is 27.1 Å². The number of benzene rings is 1. The number of nitrogens with zero attached hydrogens (tertiary/aromatic N) is 3. The van der Waals surface area contributed by atoms with Gasteiger partial charge in [-0.1, -0.05) is 36.4 Å². The minimum atomic E-state index is -3.78. The Balaban J connectivity index is 1.32. The molecule has 4 N–H and O–H groups in total. The zero-order valence-corrected chi connectivity index (χ0v) is 22.0. The lowest BCUT2D eigenvalue weighted by Crippen LogP contribution is -2.53. The van der Waals surface area contributed by atoms with E-state index < -0.39 is 39.1 Å². The van der Waals surface area contributed by atoms with Crippen LogP contribution in [0.3, 0.4) is 0 Å². The first-order chi connectivity index (χ1) is 18.1. The highest BCUT2D eigenvalue weighted by molar-refractivity contribution is 7.89. The maximum atomic E-state index is 14.8. The summed E-state index contributed by atoms with van der Waals surface area (Å²) in [6.07, 6.45) is 4.40. The minimum absolute atomic E-state index is 0.0578. The lowest BCUT2D eigenvalue weighted by atomic mass is 9.87. The highest BCUT2D eigenvalue weighted by Crippen LogP contribution is 2.36. The van der Waals surface area contributed by atoms with Crippen molar-refractivity contribution in [1.29, 1.82) is 0 Å². The van der Waals surface area contributed by atoms with Gasteiger partial charge >= 0.3 is 0 Å². The van der Waals surface area contributed by atoms with Crippen LogP contribution in [0.4, 0.5) is 4.39 Å². The minimum Gasteiger partial charge on any atom is -0.476 e. The van der Waals surface area contributed by atoms with Gasteiger partial charge in [0.1, 0.15) is 23.7 Å². The molecule has 204 valence electrons. The zero-order valence-electron chi connectivity index (χ0n) is 21.2. The molecule has 2 aliphatic heterocycles. The second-order valence-electron chi connectivity index (χ2n) is 9.22. The van der Waals surface area contributed by atoms with Gasteiger partial charge in [0.15, 0.2) is 0 Å². The molecule has 0 aromatic heterocycles. The van der Waals surface area contributed by atoms with Gasteiger partial charge < -0.3 is 25.8 Å². The molecule has 0 bridgehead atoms. The van der Waals surface area contributed by atoms with Crippen LogP contribution in [0.1, 0.15) is 18.9 Å². The van der Waals surface area contributed by atoms with Gasteiger partial charge in [0.05, 0.1) is 37.8 Å². The number of sulfonamides is 1. The predicted octanol–water partition coefficient (Wildman–Crippen LogP) is 1.08. The van der Waals surface area contributed by atoms with Crippen molar-refractivity contribution < 1.29 is 27.1 Å². The quantitative estimate of drug-likeness (QED) is 0.393. The smallest absolute Gasteiger partial charge is 0.267 e. The molecule has 0 saturated heterocycles. The van der Waals surface area contributed by atoms with E-state index in [1.165, 1.54) is 32.3 Å². The van der Waals surface area contributed by atoms with Crippen molar-refractivity contribution >= 4 is 27.6 Å². The molecule has 1 amide bonds. The number of amides is 1. The molecule has 38 heavy (non-hydrogen) atoms. The molecule has 3 aliphatic rings. The summed E-state index contributed by atoms with van der Waals surface area (Å²) in [7, 11) is -2.48. The molecular weight excluding hydrogens is 515 g/mol. The van der Waals surface area contributed by atoms with E-state index in [0.29, 0.717) is 25.7 Å². The number of ether oxygens (including phenoxy) is 2. The van der Waals surface area contributed by atoms with Crippen LogP contribution in [-0.2, 0) is 30.9 Å². The molecule has 1 aliphatic carbocycles. The largest absolute Gasteiger partial charge is 0.476 e. The van der Waals surface area contributed by atoms with Crippen LogP contribution >= 0.6 is 0 Å². The molecule has 0 fully saturated rings. The van der Waals surface area contributed by atoms with Crippen molar-refractivity contribution in [1.82, 2.24) is 14.9 Å². The summed E-state index contributed by atoms with van der Waals surface area (Å²) in [5, 5.41) is 5.79. The number of halogens is 1. The van der Waals surface area contributed by atoms with Crippen LogP contribution < -0.4 is 16.4 Å². The van der Waals surface area contributed by atoms with Crippen molar-refractivity contribution in [2.75, 3.05) is 32.6 Å². The number of guanidine groups is 1. The average Bonchev–Trinajstić information content (AvgIpc) is 2.89. The summed E-state index contributed by atoms with van der Waals surface area (Å²) < 4.78 is 51.8. The summed E-state index contributed by atoms with van der Waals surface area (Å²) in [4.78, 5) is 21.2. The van der Waals surface area contributed by atoms with E-state index in [1.54, 1.807) is 0 Å². The van der Waals surface area contributed by atoms with Crippen LogP contribution in [0, 0.1) is 0 Å². The number of hydrogen-bond acceptors (Lipinski definition) is 9. The number of nitrogens with one attached hydrogen (secondary N) is 2. The number of aliphatic imine (C=N–C) groups is 2. The van der Waals surface area contributed by atoms with E-state index >= 15 is 0 Å². The summed E-state index contributed by atoms with van der Waals surface area (Å²) in [6.45, 7) is 2.83. The third-order valence-electron chi connectivity index (χ3n) is 6.26. The Kier molecular flexibility index (Phi) is 8.17. The maximum absolute atomic E-state index is 14.8. The summed E-state index contributed by atoms with van der Waals surface area (Å²) in [5.41, 5.74) is 5.71. The number of carbonyl (C=O) groups is 1. The fourth-order valence-corrected chi connectivity index (χ4v) is 5.62. The van der Waals surface area contributed by atoms with Crippen molar-refractivity contribution in [3.63, 3.8) is 0 Å². The number of nitrogens with two attached hydrogens (primary N) is 1. The molecular formula is C25H31FN6O5S. The van der Waals surface area contributed by atoms with Gasteiger partial charge in [-0.2, -0.15) is 0 Å². The molecule has 1 aromatic rings. The molecule has 0 spiro atoms. The molecule has 11 nitrogen and oxygen atoms in total. The Morgan fingerprint density at radius 1 is 1.32 bits per heavy atom. The van der Waals surface area contributed by atoms with Crippen molar-refractivity contribution in [3.8, 4) is 0 Å². The normalized spacial score (nSPS) is 24.7. The Morgan fingerprint density at radius 3 is 2.76 bits per heavy atom. The van der Waals surface area contributed by atoms with Gasteiger partial charge in [-0.3, -0.25) is 4.79 Å². The molecule has 2 heterocycles. The third-order valence-corrected chi connectivity index (χ3v) is 8.21. The zero-order chi connectivity index (χ0) is 27.3. The topological polar surface area (TPSA) is 148 Å². The Labute approximate surface area is 221 Å². The molecule has 0 saturated carbocycles. The van der Waals surface area contributed by atoms with E-state index in [0.717, 1.165) is 9.87 Å². The number of hydrogen-bond donors (Lipinski definition) is 3. The first-order valence-corrected chi connectivity index (χ1v) is 13.6. The lowest BCUT2D eigenvalue weighted by molar-refractivity contribution is -0.115. The van der Waals surface area contributed by atoms with Gasteiger partial charge in [-0.15, -0.1) is 0 Å². The monoisotopic (exact) mass is 546 g/mol. The maximum Gasteiger partial charge on any atom is 0.267 e. The van der Waals surface area contributed by atoms with Gasteiger partial charge in [0, 0.05) is 12.6 Å². The Morgan fingerprint density at radius 2 is 2.08 bits per heavy atom. The summed E-state index contributed by atoms with van der Waals surface area (Å²) in [5.74, 6) is -1.30. The number of carbonyl (C=O) groups excluding carboxylic acids is 1. The van der Waals surface area contributed by atoms with Crippen LogP contribution in [-0.4, -0.2) is 74.4 Å². The van der Waals surface area contributed by atoms with Crippen molar-refractivity contribution in [2.24, 2.45) is 15.7 Å². The molecule has 13 heteroatoms. The van der Waals surface area contributed by atoms with Crippen molar-refractivity contribution in [2.45, 2.75) is 31.5 Å². The fraction of sp³-hybridized carbons (Fsp3) is 0.400. The predicted molar refractivity (Wildman–Crippen MR) is 141 cm³/mol. The molecule has 4 rings (SSSR count). The Hall–Kier alpha value is -3.71. The standard InChI is InChI=1S/C25H31FN6O5S/c1-25(16-38(34,35)32(2)24(27)31-25)19-12-18(8-9-20(19)26)30-23(33)21-13-29-22(14-28-21)37-11-10-36-15-17-6-4-3-5-7-17/h3-7,9,12,14,18,29H,8,10-11,13,15-16H2,1-2H3,(H2,27,31)(H,30,33)/t18?,25-/m0/s1. The van der Waals surface area contributed by atoms with Crippen LogP contribution in [0.15, 0.2) is 76.0 Å². The fourth-order valence-electron chi connectivity index (χ4n) is 4.17. The van der Waals surface area contributed by atoms with E-state index in [9.17, 15) is 17.6 Å². The first kappa shape index (κ1) is 27.3. The second-order valence-corrected chi connectivity index (χ2v) is 11.2. The van der Waals surface area contributed by atoms with Gasteiger partial charge in [-0.05, 0) is 25.0 Å². The second kappa shape index (κ2) is 11.4. The van der Waals surface area contributed by atoms with Crippen LogP contribution in [0.5, 0.6) is 0 Å². The molecule has 1 aromatic carbocycles. The Bertz CT molecular complexity index is 1320. The van der Waals surface area contributed by atoms with Crippen LogP contribution in [0.2, 0.25) is 0 Å². The molecule has 2 atom stereocenters. The molecule has 0 radical (unpaired) electrons. The average molecular weight is 547 g/mol. The van der Waals surface area contributed by atoms with E-state index in [1.807, 2.05) is 30.3 Å². The summed E-state index contributed by atoms with van der Waals surface area (Å²) >= 11 is 0. The van der Waals surface area contributed by atoms with E-state index in [-0.39, 0.29) is 30.2 Å². The van der Waals surface area contributed by atoms with E-state index in [4.69, 9.17) is 15.2 Å². The molecule has 1 unspecified atom stereocenters. The van der Waals surface area contributed by atoms with Gasteiger partial charge in [0.25, 0.3) is 5.91 Å². The first-order valence-electron chi connectivity index (χ1n) is 12.0. The lowest BCUT2D eigenvalue weighted by Gasteiger charge is -2.36. The van der Waals surface area contributed by atoms with Gasteiger partial charge in [0.2, 0.25) is 21.9 Å². The number of rotatable bonds is 9. The highest BCUT2D eigenvalue weighted by Gasteiger charge is 2.43. The summed E-state index contributed by atoms with van der Waals surface area (Å²) in [6, 6.07) is 9.21. The van der Waals surface area contributed by atoms with Crippen molar-refractivity contribution in [3.05, 3.63) is 71.5 Å². The highest BCUT2D eigenvalue weighted by atomic mass is 32.2. The van der Waals surface area contributed by atoms with E-state index in [2.05, 4.69) is 20.6 Å². The van der Waals surface area contributed by atoms with Crippen LogP contribution in [0.25, 0.3) is 0 Å². The third kappa shape index (κ3) is 6.40. The SMILES string of the molecule is CN1C(N)=N[C@](C)(C2=CC(NC(=O)C3=NC=C(OCCOCc4ccccc4)NC3)CC=C2F)CS1(=O)=O.